The lowest BCUT2D eigenvalue weighted by Crippen LogP contribution is -2.19. The minimum atomic E-state index is -4.40. The molecule has 0 saturated heterocycles. The summed E-state index contributed by atoms with van der Waals surface area (Å²) in [5.41, 5.74) is 0. The van der Waals surface area contributed by atoms with Gasteiger partial charge in [0.25, 0.3) is 10.1 Å². The van der Waals surface area contributed by atoms with Gasteiger partial charge >= 0.3 is 5.97 Å². The van der Waals surface area contributed by atoms with Gasteiger partial charge in [0.15, 0.2) is 5.75 Å². The molecule has 0 radical (unpaired) electrons. The van der Waals surface area contributed by atoms with E-state index >= 15 is 0 Å². The van der Waals surface area contributed by atoms with E-state index in [2.05, 4.69) is 0 Å². The number of esters is 1. The third kappa shape index (κ3) is 4.65. The van der Waals surface area contributed by atoms with E-state index in [1.165, 1.54) is 24.3 Å². The summed E-state index contributed by atoms with van der Waals surface area (Å²) in [7, 11) is -4.40. The molecular formula is C13H18O5S. The zero-order valence-electron chi connectivity index (χ0n) is 11.0. The monoisotopic (exact) mass is 286 g/mol. The van der Waals surface area contributed by atoms with Crippen LogP contribution in [0.3, 0.4) is 0 Å². The Morgan fingerprint density at radius 1 is 1.37 bits per heavy atom. The summed E-state index contributed by atoms with van der Waals surface area (Å²) in [6, 6.07) is 5.51. The number of ether oxygens (including phenoxy) is 1. The van der Waals surface area contributed by atoms with Crippen LogP contribution in [0.15, 0.2) is 29.2 Å². The van der Waals surface area contributed by atoms with E-state index in [0.29, 0.717) is 6.42 Å². The fourth-order valence-electron chi connectivity index (χ4n) is 1.58. The van der Waals surface area contributed by atoms with Crippen molar-refractivity contribution >= 4 is 16.1 Å². The van der Waals surface area contributed by atoms with Crippen LogP contribution in [-0.2, 0) is 14.9 Å². The average Bonchev–Trinajstić information content (AvgIpc) is 2.35. The van der Waals surface area contributed by atoms with Crippen molar-refractivity contribution in [2.45, 2.75) is 38.0 Å². The highest BCUT2D eigenvalue weighted by Crippen LogP contribution is 2.24. The normalized spacial score (nSPS) is 13.0. The molecule has 1 N–H and O–H groups in total. The molecule has 0 aliphatic heterocycles. The average molecular weight is 286 g/mol. The highest BCUT2D eigenvalue weighted by molar-refractivity contribution is 7.86. The Balaban J connectivity index is 2.86. The first-order valence-corrected chi connectivity index (χ1v) is 7.58. The van der Waals surface area contributed by atoms with Crippen molar-refractivity contribution < 1.29 is 22.5 Å². The Morgan fingerprint density at radius 3 is 2.58 bits per heavy atom. The molecule has 1 unspecified atom stereocenters. The molecule has 106 valence electrons. The smallest absolute Gasteiger partial charge is 0.314 e. The molecule has 0 heterocycles. The van der Waals surface area contributed by atoms with Crippen molar-refractivity contribution in [1.29, 1.82) is 0 Å². The van der Waals surface area contributed by atoms with E-state index in [0.717, 1.165) is 12.8 Å². The molecule has 1 aromatic carbocycles. The molecule has 0 bridgehead atoms. The van der Waals surface area contributed by atoms with Crippen molar-refractivity contribution in [3.8, 4) is 5.75 Å². The second kappa shape index (κ2) is 6.68. The lowest BCUT2D eigenvalue weighted by molar-refractivity contribution is -0.138. The van der Waals surface area contributed by atoms with Gasteiger partial charge in [0, 0.05) is 0 Å². The van der Waals surface area contributed by atoms with E-state index in [1.807, 2.05) is 6.92 Å². The predicted octanol–water partition coefficient (Wildman–Crippen LogP) is 2.67. The quantitative estimate of drug-likeness (QED) is 0.494. The SMILES string of the molecule is CCCCC(C)C(=O)Oc1ccccc1S(=O)(=O)O. The number of hydrogen-bond donors (Lipinski definition) is 1. The number of hydrogen-bond acceptors (Lipinski definition) is 4. The predicted molar refractivity (Wildman–Crippen MR) is 70.6 cm³/mol. The van der Waals surface area contributed by atoms with Crippen molar-refractivity contribution in [2.75, 3.05) is 0 Å². The van der Waals surface area contributed by atoms with Crippen LogP contribution in [0.2, 0.25) is 0 Å². The molecule has 0 aliphatic rings. The molecule has 1 atom stereocenters. The number of carbonyl (C=O) groups is 1. The van der Waals surface area contributed by atoms with Crippen LogP contribution in [-0.4, -0.2) is 18.9 Å². The number of unbranched alkanes of at least 4 members (excludes halogenated alkanes) is 1. The summed E-state index contributed by atoms with van der Waals surface area (Å²) >= 11 is 0. The zero-order valence-corrected chi connectivity index (χ0v) is 11.8. The highest BCUT2D eigenvalue weighted by Gasteiger charge is 2.21. The van der Waals surface area contributed by atoms with Gasteiger partial charge in [-0.05, 0) is 18.6 Å². The maximum atomic E-state index is 11.8. The minimum Gasteiger partial charge on any atom is -0.425 e. The second-order valence-electron chi connectivity index (χ2n) is 4.39. The van der Waals surface area contributed by atoms with E-state index in [4.69, 9.17) is 9.29 Å². The molecular weight excluding hydrogens is 268 g/mol. The highest BCUT2D eigenvalue weighted by atomic mass is 32.2. The van der Waals surface area contributed by atoms with Gasteiger partial charge in [0.1, 0.15) is 4.90 Å². The van der Waals surface area contributed by atoms with Crippen LogP contribution in [0.5, 0.6) is 5.75 Å². The molecule has 1 rings (SSSR count). The van der Waals surface area contributed by atoms with Crippen LogP contribution in [0.25, 0.3) is 0 Å². The van der Waals surface area contributed by atoms with Gasteiger partial charge in [0.05, 0.1) is 5.92 Å². The summed E-state index contributed by atoms with van der Waals surface area (Å²) < 4.78 is 36.4. The van der Waals surface area contributed by atoms with Gasteiger partial charge in [-0.2, -0.15) is 8.42 Å². The summed E-state index contributed by atoms with van der Waals surface area (Å²) in [6.07, 6.45) is 2.55. The first-order chi connectivity index (χ1) is 8.86. The fourth-order valence-corrected chi connectivity index (χ4v) is 2.20. The van der Waals surface area contributed by atoms with E-state index in [9.17, 15) is 13.2 Å². The standard InChI is InChI=1S/C13H18O5S/c1-3-4-7-10(2)13(14)18-11-8-5-6-9-12(11)19(15,16)17/h5-6,8-10H,3-4,7H2,1-2H3,(H,15,16,17). The van der Waals surface area contributed by atoms with E-state index < -0.39 is 21.0 Å². The number of carbonyl (C=O) groups excluding carboxylic acids is 1. The maximum Gasteiger partial charge on any atom is 0.314 e. The largest absolute Gasteiger partial charge is 0.425 e. The third-order valence-corrected chi connectivity index (χ3v) is 3.62. The molecule has 0 amide bonds. The Hall–Kier alpha value is -1.40. The van der Waals surface area contributed by atoms with Gasteiger partial charge in [0.2, 0.25) is 0 Å². The Labute approximate surface area is 113 Å². The van der Waals surface area contributed by atoms with E-state index in [-0.39, 0.29) is 11.7 Å². The van der Waals surface area contributed by atoms with Crippen molar-refractivity contribution in [3.05, 3.63) is 24.3 Å². The number of benzene rings is 1. The van der Waals surface area contributed by atoms with Crippen LogP contribution in [0.1, 0.15) is 33.1 Å². The van der Waals surface area contributed by atoms with E-state index in [1.54, 1.807) is 6.92 Å². The summed E-state index contributed by atoms with van der Waals surface area (Å²) in [5, 5.41) is 0. The first-order valence-electron chi connectivity index (χ1n) is 6.14. The molecule has 19 heavy (non-hydrogen) atoms. The third-order valence-electron chi connectivity index (χ3n) is 2.73. The van der Waals surface area contributed by atoms with Gasteiger partial charge in [-0.25, -0.2) is 0 Å². The molecule has 0 saturated carbocycles. The Bertz CT molecular complexity index is 536. The van der Waals surface area contributed by atoms with Crippen molar-refractivity contribution in [1.82, 2.24) is 0 Å². The van der Waals surface area contributed by atoms with Crippen LogP contribution in [0.4, 0.5) is 0 Å². The number of para-hydroxylation sites is 1. The first kappa shape index (κ1) is 15.7. The second-order valence-corrected chi connectivity index (χ2v) is 5.78. The fraction of sp³-hybridized carbons (Fsp3) is 0.462. The maximum absolute atomic E-state index is 11.8. The van der Waals surface area contributed by atoms with Gasteiger partial charge in [-0.3, -0.25) is 9.35 Å². The molecule has 0 aromatic heterocycles. The van der Waals surface area contributed by atoms with Gasteiger partial charge in [-0.1, -0.05) is 38.8 Å². The topological polar surface area (TPSA) is 80.7 Å². The Morgan fingerprint density at radius 2 is 2.00 bits per heavy atom. The minimum absolute atomic E-state index is 0.140. The van der Waals surface area contributed by atoms with Crippen LogP contribution >= 0.6 is 0 Å². The molecule has 0 fully saturated rings. The molecule has 6 heteroatoms. The van der Waals surface area contributed by atoms with Crippen molar-refractivity contribution in [3.63, 3.8) is 0 Å². The molecule has 0 aliphatic carbocycles. The summed E-state index contributed by atoms with van der Waals surface area (Å²) in [5.74, 6) is -0.947. The molecule has 1 aromatic rings. The zero-order chi connectivity index (χ0) is 14.5. The van der Waals surface area contributed by atoms with Gasteiger partial charge in [-0.15, -0.1) is 0 Å². The molecule has 5 nitrogen and oxygen atoms in total. The van der Waals surface area contributed by atoms with Crippen LogP contribution < -0.4 is 4.74 Å². The summed E-state index contributed by atoms with van der Waals surface area (Å²) in [6.45, 7) is 3.75. The Kier molecular flexibility index (Phi) is 5.50. The van der Waals surface area contributed by atoms with Gasteiger partial charge < -0.3 is 4.74 Å². The lowest BCUT2D eigenvalue weighted by atomic mass is 10.1. The van der Waals surface area contributed by atoms with Crippen LogP contribution in [0, 0.1) is 5.92 Å². The van der Waals surface area contributed by atoms with Crippen molar-refractivity contribution in [2.24, 2.45) is 5.92 Å². The molecule has 0 spiro atoms. The summed E-state index contributed by atoms with van der Waals surface area (Å²) in [4.78, 5) is 11.4. The number of rotatable bonds is 6. The lowest BCUT2D eigenvalue weighted by Gasteiger charge is -2.12.